The number of carboxylic acids is 4. The van der Waals surface area contributed by atoms with E-state index in [1.807, 2.05) is 0 Å². The fourth-order valence-electron chi connectivity index (χ4n) is 3.25. The summed E-state index contributed by atoms with van der Waals surface area (Å²) in [5.41, 5.74) is -4.14. The van der Waals surface area contributed by atoms with Gasteiger partial charge in [-0.25, -0.2) is 19.4 Å². The van der Waals surface area contributed by atoms with Gasteiger partial charge in [-0.05, 0) is 12.1 Å². The van der Waals surface area contributed by atoms with Crippen molar-refractivity contribution in [1.29, 1.82) is 0 Å². The summed E-state index contributed by atoms with van der Waals surface area (Å²) in [6, 6.07) is 1.65. The number of hydrogen-bond acceptors (Lipinski definition) is 10. The predicted octanol–water partition coefficient (Wildman–Crippen LogP) is -0.493. The first-order chi connectivity index (χ1) is 18.0. The van der Waals surface area contributed by atoms with Crippen molar-refractivity contribution in [3.63, 3.8) is 0 Å². The first-order valence-electron chi connectivity index (χ1n) is 10.9. The van der Waals surface area contributed by atoms with Crippen LogP contribution in [-0.2, 0) is 9.59 Å². The molecule has 0 bridgehead atoms. The number of carbonyl (C=O) groups excluding carboxylic acids is 3. The van der Waals surface area contributed by atoms with Crippen molar-refractivity contribution in [3.8, 4) is 11.3 Å². The molecule has 1 aliphatic carbocycles. The van der Waals surface area contributed by atoms with E-state index in [1.54, 1.807) is 0 Å². The third-order valence-electron chi connectivity index (χ3n) is 5.47. The Hall–Kier alpha value is -4.96. The van der Waals surface area contributed by atoms with Gasteiger partial charge in [0.15, 0.2) is 0 Å². The van der Waals surface area contributed by atoms with E-state index in [1.165, 1.54) is 13.8 Å². The Bertz CT molecular complexity index is 1390. The first kappa shape index (κ1) is 30.3. The lowest BCUT2D eigenvalue weighted by molar-refractivity contribution is -0.138. The molecule has 2 aromatic rings. The number of amides is 1. The zero-order chi connectivity index (χ0) is 29.8. The summed E-state index contributed by atoms with van der Waals surface area (Å²) in [6.07, 6.45) is -1.55. The standard InChI is InChI=1S/C14H6N2O8.C9H17NO5/c17-10-4-2-6(14(23)24)15-8(4)7-3(12(19)20)1-5(13(21)22)16-9(7)11(10)18;1-9(2,5-11)7(14)8(15)10-4-3-6(12)13/h1-2,15H,(H,19,20)(H,21,22)(H,23,24);7,11,14H,3-5H2,1-2H3,(H,10,15)(H,12,13)/t;7-/m.0/s1. The smallest absolute Gasteiger partial charge is 0.354 e. The van der Waals surface area contributed by atoms with E-state index < -0.39 is 75.5 Å². The number of fused-ring (bicyclic) bond motifs is 3. The molecule has 16 nitrogen and oxygen atoms in total. The molecule has 16 heteroatoms. The van der Waals surface area contributed by atoms with E-state index in [9.17, 15) is 43.8 Å². The maximum atomic E-state index is 12.1. The Morgan fingerprint density at radius 3 is 2.08 bits per heavy atom. The molecule has 1 aliphatic rings. The van der Waals surface area contributed by atoms with Gasteiger partial charge in [0, 0.05) is 17.5 Å². The number of carboxylic acid groups (broad SMARTS) is 4. The highest BCUT2D eigenvalue weighted by Crippen LogP contribution is 2.35. The van der Waals surface area contributed by atoms with Crippen LogP contribution >= 0.6 is 0 Å². The van der Waals surface area contributed by atoms with Crippen LogP contribution < -0.4 is 5.32 Å². The largest absolute Gasteiger partial charge is 0.481 e. The van der Waals surface area contributed by atoms with E-state index in [0.29, 0.717) is 0 Å². The number of aromatic amines is 1. The minimum atomic E-state index is -1.58. The molecule has 1 atom stereocenters. The number of ketones is 2. The molecule has 0 fully saturated rings. The van der Waals surface area contributed by atoms with Gasteiger partial charge < -0.3 is 40.9 Å². The summed E-state index contributed by atoms with van der Waals surface area (Å²) >= 11 is 0. The number of Topliss-reactive ketones (excluding diaryl/α,β-unsaturated/α-hetero) is 2. The summed E-state index contributed by atoms with van der Waals surface area (Å²) in [4.78, 5) is 85.1. The van der Waals surface area contributed by atoms with Crippen molar-refractivity contribution in [3.05, 3.63) is 40.3 Å². The average Bonchev–Trinajstić information content (AvgIpc) is 3.32. The zero-order valence-corrected chi connectivity index (χ0v) is 20.3. The molecule has 39 heavy (non-hydrogen) atoms. The molecule has 8 N–H and O–H groups in total. The quantitative estimate of drug-likeness (QED) is 0.183. The minimum Gasteiger partial charge on any atom is -0.481 e. The maximum absolute atomic E-state index is 12.1. The number of aliphatic hydroxyl groups is 2. The van der Waals surface area contributed by atoms with Crippen molar-refractivity contribution < 1.29 is 64.2 Å². The van der Waals surface area contributed by atoms with Gasteiger partial charge in [-0.15, -0.1) is 0 Å². The number of aromatic nitrogens is 2. The molecule has 0 saturated carbocycles. The lowest BCUT2D eigenvalue weighted by atomic mass is 9.87. The van der Waals surface area contributed by atoms with Crippen molar-refractivity contribution in [2.45, 2.75) is 26.4 Å². The van der Waals surface area contributed by atoms with E-state index in [-0.39, 0.29) is 36.4 Å². The van der Waals surface area contributed by atoms with Crippen molar-refractivity contribution in [1.82, 2.24) is 15.3 Å². The van der Waals surface area contributed by atoms with Crippen LogP contribution in [-0.4, -0.2) is 101 Å². The Morgan fingerprint density at radius 1 is 0.974 bits per heavy atom. The average molecular weight is 549 g/mol. The molecule has 0 aromatic carbocycles. The number of nitrogens with zero attached hydrogens (tertiary/aromatic N) is 1. The van der Waals surface area contributed by atoms with Crippen LogP contribution in [0.15, 0.2) is 12.1 Å². The summed E-state index contributed by atoms with van der Waals surface area (Å²) in [7, 11) is 0. The third-order valence-corrected chi connectivity index (χ3v) is 5.47. The summed E-state index contributed by atoms with van der Waals surface area (Å²) in [5.74, 6) is -8.56. The summed E-state index contributed by atoms with van der Waals surface area (Å²) < 4.78 is 0. The SMILES string of the molecule is CC(C)(CO)[C@@H](O)C(=O)NCCC(=O)O.O=C(O)c1cc(C(=O)O)c2c(n1)C(=O)C(=O)c1cc(C(=O)O)[nH]c1-2. The third kappa shape index (κ3) is 6.49. The number of carbonyl (C=O) groups is 7. The Labute approximate surface area is 217 Å². The number of H-pyrrole nitrogens is 1. The normalized spacial score (nSPS) is 12.8. The molecule has 0 radical (unpaired) electrons. The molecule has 2 heterocycles. The van der Waals surface area contributed by atoms with Crippen LogP contribution in [0.1, 0.15) is 72.4 Å². The number of rotatable bonds is 9. The van der Waals surface area contributed by atoms with E-state index in [0.717, 1.165) is 12.1 Å². The van der Waals surface area contributed by atoms with E-state index >= 15 is 0 Å². The number of pyridine rings is 1. The molecule has 0 spiro atoms. The Balaban J connectivity index is 0.000000309. The highest BCUT2D eigenvalue weighted by molar-refractivity contribution is 6.52. The van der Waals surface area contributed by atoms with Crippen LogP contribution in [0.2, 0.25) is 0 Å². The topological polar surface area (TPSA) is 282 Å². The molecule has 0 aliphatic heterocycles. The van der Waals surface area contributed by atoms with Gasteiger partial charge in [0.1, 0.15) is 23.2 Å². The minimum absolute atomic E-state index is 0.0350. The molecule has 0 unspecified atom stereocenters. The number of aromatic carboxylic acids is 3. The van der Waals surface area contributed by atoms with E-state index in [4.69, 9.17) is 20.4 Å². The Morgan fingerprint density at radius 2 is 1.59 bits per heavy atom. The van der Waals surface area contributed by atoms with Crippen LogP contribution in [0, 0.1) is 5.41 Å². The zero-order valence-electron chi connectivity index (χ0n) is 20.3. The molecular formula is C23H23N3O13. The van der Waals surface area contributed by atoms with Crippen molar-refractivity contribution in [2.75, 3.05) is 13.2 Å². The maximum Gasteiger partial charge on any atom is 0.354 e. The second kappa shape index (κ2) is 11.6. The van der Waals surface area contributed by atoms with Crippen LogP contribution in [0.4, 0.5) is 0 Å². The highest BCUT2D eigenvalue weighted by Gasteiger charge is 2.38. The summed E-state index contributed by atoms with van der Waals surface area (Å²) in [5, 5.41) is 56.2. The second-order valence-electron chi connectivity index (χ2n) is 8.81. The van der Waals surface area contributed by atoms with Crippen molar-refractivity contribution >= 4 is 41.4 Å². The van der Waals surface area contributed by atoms with Gasteiger partial charge in [0.05, 0.1) is 29.8 Å². The first-order valence-corrected chi connectivity index (χ1v) is 10.9. The van der Waals surface area contributed by atoms with Gasteiger partial charge in [0.25, 0.3) is 5.78 Å². The fraction of sp³-hybridized carbons (Fsp3) is 0.304. The molecule has 0 saturated heterocycles. The molecule has 1 amide bonds. The van der Waals surface area contributed by atoms with Crippen LogP contribution in [0.25, 0.3) is 11.3 Å². The predicted molar refractivity (Wildman–Crippen MR) is 126 cm³/mol. The van der Waals surface area contributed by atoms with Gasteiger partial charge in [0.2, 0.25) is 11.7 Å². The van der Waals surface area contributed by atoms with E-state index in [2.05, 4.69) is 15.3 Å². The highest BCUT2D eigenvalue weighted by atomic mass is 16.4. The number of aliphatic hydroxyl groups excluding tert-OH is 2. The molecular weight excluding hydrogens is 526 g/mol. The second-order valence-corrected chi connectivity index (χ2v) is 8.81. The monoisotopic (exact) mass is 549 g/mol. The molecule has 2 aromatic heterocycles. The fourth-order valence-corrected chi connectivity index (χ4v) is 3.25. The Kier molecular flexibility index (Phi) is 9.01. The number of nitrogens with one attached hydrogen (secondary N) is 2. The van der Waals surface area contributed by atoms with Crippen LogP contribution in [0.3, 0.4) is 0 Å². The molecule has 3 rings (SSSR count). The van der Waals surface area contributed by atoms with Crippen molar-refractivity contribution in [2.24, 2.45) is 5.41 Å². The van der Waals surface area contributed by atoms with Crippen LogP contribution in [0.5, 0.6) is 0 Å². The van der Waals surface area contributed by atoms with Gasteiger partial charge in [-0.1, -0.05) is 13.8 Å². The molecule has 208 valence electrons. The van der Waals surface area contributed by atoms with Gasteiger partial charge >= 0.3 is 23.9 Å². The number of hydrogen-bond donors (Lipinski definition) is 8. The summed E-state index contributed by atoms with van der Waals surface area (Å²) in [6.45, 7) is 2.70. The number of aliphatic carboxylic acids is 1. The van der Waals surface area contributed by atoms with Gasteiger partial charge in [-0.3, -0.25) is 19.2 Å². The lowest BCUT2D eigenvalue weighted by Gasteiger charge is -2.26. The van der Waals surface area contributed by atoms with Gasteiger partial charge in [-0.2, -0.15) is 0 Å². The lowest BCUT2D eigenvalue weighted by Crippen LogP contribution is -2.45.